The molecule has 0 fully saturated rings. The predicted octanol–water partition coefficient (Wildman–Crippen LogP) is 2.41. The molecular weight excluding hydrogens is 282 g/mol. The standard InChI is InChI=1S/C17H19NO4/c1-20-16-7-11(2-4-14(16)19)6-13(9-18)12-3-5-15-17(8-12)22-10-21-15/h2-5,7-8,13,19H,6,9-10,18H2,1H3. The van der Waals surface area contributed by atoms with Gasteiger partial charge in [0.25, 0.3) is 0 Å². The molecule has 0 saturated carbocycles. The van der Waals surface area contributed by atoms with Gasteiger partial charge in [0.15, 0.2) is 23.0 Å². The summed E-state index contributed by atoms with van der Waals surface area (Å²) in [6.45, 7) is 0.782. The molecule has 116 valence electrons. The van der Waals surface area contributed by atoms with Gasteiger partial charge < -0.3 is 25.1 Å². The number of phenolic OH excluding ortho intramolecular Hbond substituents is 1. The Balaban J connectivity index is 1.82. The average molecular weight is 301 g/mol. The van der Waals surface area contributed by atoms with Crippen LogP contribution in [-0.2, 0) is 6.42 Å². The number of rotatable bonds is 5. The Hall–Kier alpha value is -2.40. The van der Waals surface area contributed by atoms with Gasteiger partial charge in [0.05, 0.1) is 7.11 Å². The summed E-state index contributed by atoms with van der Waals surface area (Å²) >= 11 is 0. The molecule has 0 radical (unpaired) electrons. The Labute approximate surface area is 129 Å². The molecule has 5 heteroatoms. The Morgan fingerprint density at radius 2 is 2.00 bits per heavy atom. The highest BCUT2D eigenvalue weighted by atomic mass is 16.7. The van der Waals surface area contributed by atoms with Crippen molar-refractivity contribution in [3.63, 3.8) is 0 Å². The van der Waals surface area contributed by atoms with Crippen molar-refractivity contribution in [1.82, 2.24) is 0 Å². The maximum atomic E-state index is 9.67. The Kier molecular flexibility index (Phi) is 4.06. The largest absolute Gasteiger partial charge is 0.504 e. The number of nitrogens with two attached hydrogens (primary N) is 1. The summed E-state index contributed by atoms with van der Waals surface area (Å²) in [6.07, 6.45) is 0.757. The number of hydrogen-bond donors (Lipinski definition) is 2. The number of ether oxygens (including phenoxy) is 3. The second-order valence-corrected chi connectivity index (χ2v) is 5.26. The normalized spacial score (nSPS) is 13.9. The third-order valence-corrected chi connectivity index (χ3v) is 3.88. The fraction of sp³-hybridized carbons (Fsp3) is 0.294. The van der Waals surface area contributed by atoms with Crippen LogP contribution >= 0.6 is 0 Å². The van der Waals surface area contributed by atoms with Crippen molar-refractivity contribution in [2.75, 3.05) is 20.4 Å². The summed E-state index contributed by atoms with van der Waals surface area (Å²) in [4.78, 5) is 0. The molecule has 1 heterocycles. The second-order valence-electron chi connectivity index (χ2n) is 5.26. The summed E-state index contributed by atoms with van der Waals surface area (Å²) in [5, 5.41) is 9.67. The first-order valence-corrected chi connectivity index (χ1v) is 7.16. The highest BCUT2D eigenvalue weighted by molar-refractivity contribution is 5.46. The van der Waals surface area contributed by atoms with Gasteiger partial charge in [-0.25, -0.2) is 0 Å². The van der Waals surface area contributed by atoms with Crippen LogP contribution in [0, 0.1) is 0 Å². The average Bonchev–Trinajstić information content (AvgIpc) is 3.01. The fourth-order valence-corrected chi connectivity index (χ4v) is 2.64. The van der Waals surface area contributed by atoms with Crippen molar-refractivity contribution in [3.05, 3.63) is 47.5 Å². The molecule has 0 spiro atoms. The van der Waals surface area contributed by atoms with E-state index in [0.29, 0.717) is 12.3 Å². The van der Waals surface area contributed by atoms with E-state index in [9.17, 15) is 5.11 Å². The molecule has 0 saturated heterocycles. The van der Waals surface area contributed by atoms with E-state index in [1.165, 1.54) is 7.11 Å². The molecule has 0 bridgehead atoms. The lowest BCUT2D eigenvalue weighted by Gasteiger charge is -2.16. The first kappa shape index (κ1) is 14.5. The van der Waals surface area contributed by atoms with E-state index in [-0.39, 0.29) is 18.5 Å². The molecule has 1 aliphatic heterocycles. The van der Waals surface area contributed by atoms with Crippen LogP contribution in [-0.4, -0.2) is 25.6 Å². The van der Waals surface area contributed by atoms with Gasteiger partial charge in [0.1, 0.15) is 0 Å². The van der Waals surface area contributed by atoms with Crippen LogP contribution < -0.4 is 19.9 Å². The number of hydrogen-bond acceptors (Lipinski definition) is 5. The summed E-state index contributed by atoms with van der Waals surface area (Å²) < 4.78 is 15.9. The zero-order chi connectivity index (χ0) is 15.5. The lowest BCUT2D eigenvalue weighted by atomic mass is 9.91. The maximum absolute atomic E-state index is 9.67. The van der Waals surface area contributed by atoms with E-state index in [4.69, 9.17) is 19.9 Å². The zero-order valence-electron chi connectivity index (χ0n) is 12.4. The number of aromatic hydroxyl groups is 1. The molecule has 5 nitrogen and oxygen atoms in total. The molecule has 2 aromatic rings. The van der Waals surface area contributed by atoms with Gasteiger partial charge in [-0.1, -0.05) is 12.1 Å². The van der Waals surface area contributed by atoms with E-state index in [1.54, 1.807) is 6.07 Å². The Morgan fingerprint density at radius 1 is 1.18 bits per heavy atom. The number of methoxy groups -OCH3 is 1. The van der Waals surface area contributed by atoms with Gasteiger partial charge in [-0.05, 0) is 48.4 Å². The van der Waals surface area contributed by atoms with E-state index in [1.807, 2.05) is 30.3 Å². The zero-order valence-corrected chi connectivity index (χ0v) is 12.4. The van der Waals surface area contributed by atoms with E-state index in [2.05, 4.69) is 0 Å². The van der Waals surface area contributed by atoms with Gasteiger partial charge in [-0.2, -0.15) is 0 Å². The minimum atomic E-state index is 0.138. The van der Waals surface area contributed by atoms with Crippen LogP contribution in [0.5, 0.6) is 23.0 Å². The molecule has 22 heavy (non-hydrogen) atoms. The highest BCUT2D eigenvalue weighted by Crippen LogP contribution is 2.36. The summed E-state index contributed by atoms with van der Waals surface area (Å²) in [5.74, 6) is 2.30. The predicted molar refractivity (Wildman–Crippen MR) is 82.7 cm³/mol. The van der Waals surface area contributed by atoms with Crippen LogP contribution in [0.2, 0.25) is 0 Å². The van der Waals surface area contributed by atoms with E-state index < -0.39 is 0 Å². The molecule has 3 N–H and O–H groups in total. The topological polar surface area (TPSA) is 73.9 Å². The van der Waals surface area contributed by atoms with Crippen molar-refractivity contribution in [2.24, 2.45) is 5.73 Å². The van der Waals surface area contributed by atoms with Crippen molar-refractivity contribution in [2.45, 2.75) is 12.3 Å². The lowest BCUT2D eigenvalue weighted by molar-refractivity contribution is 0.174. The smallest absolute Gasteiger partial charge is 0.231 e. The molecular formula is C17H19NO4. The minimum absolute atomic E-state index is 0.138. The van der Waals surface area contributed by atoms with E-state index >= 15 is 0 Å². The van der Waals surface area contributed by atoms with Crippen LogP contribution in [0.4, 0.5) is 0 Å². The Morgan fingerprint density at radius 3 is 2.77 bits per heavy atom. The Bertz CT molecular complexity index is 672. The van der Waals surface area contributed by atoms with Gasteiger partial charge in [0.2, 0.25) is 6.79 Å². The minimum Gasteiger partial charge on any atom is -0.504 e. The maximum Gasteiger partial charge on any atom is 0.231 e. The van der Waals surface area contributed by atoms with Crippen LogP contribution in [0.3, 0.4) is 0 Å². The molecule has 0 amide bonds. The third-order valence-electron chi connectivity index (χ3n) is 3.88. The van der Waals surface area contributed by atoms with Crippen molar-refractivity contribution >= 4 is 0 Å². The van der Waals surface area contributed by atoms with Crippen molar-refractivity contribution in [1.29, 1.82) is 0 Å². The highest BCUT2D eigenvalue weighted by Gasteiger charge is 2.18. The van der Waals surface area contributed by atoms with Crippen molar-refractivity contribution < 1.29 is 19.3 Å². The molecule has 2 aromatic carbocycles. The molecule has 0 aliphatic carbocycles. The van der Waals surface area contributed by atoms with E-state index in [0.717, 1.165) is 29.0 Å². The summed E-state index contributed by atoms with van der Waals surface area (Å²) in [6, 6.07) is 11.3. The molecule has 1 atom stereocenters. The summed E-state index contributed by atoms with van der Waals surface area (Å²) in [7, 11) is 1.54. The second kappa shape index (κ2) is 6.15. The molecule has 0 aromatic heterocycles. The SMILES string of the molecule is COc1cc(CC(CN)c2ccc3c(c2)OCO3)ccc1O. The van der Waals surface area contributed by atoms with Crippen LogP contribution in [0.25, 0.3) is 0 Å². The molecule has 1 unspecified atom stereocenters. The first-order valence-electron chi connectivity index (χ1n) is 7.16. The monoisotopic (exact) mass is 301 g/mol. The lowest BCUT2D eigenvalue weighted by Crippen LogP contribution is -2.15. The quantitative estimate of drug-likeness (QED) is 0.887. The molecule has 1 aliphatic rings. The molecule has 3 rings (SSSR count). The van der Waals surface area contributed by atoms with Crippen LogP contribution in [0.15, 0.2) is 36.4 Å². The van der Waals surface area contributed by atoms with Crippen LogP contribution in [0.1, 0.15) is 17.0 Å². The first-order chi connectivity index (χ1) is 10.7. The van der Waals surface area contributed by atoms with Gasteiger partial charge >= 0.3 is 0 Å². The van der Waals surface area contributed by atoms with Crippen molar-refractivity contribution in [3.8, 4) is 23.0 Å². The van der Waals surface area contributed by atoms with Gasteiger partial charge in [0, 0.05) is 5.92 Å². The number of fused-ring (bicyclic) bond motifs is 1. The fourth-order valence-electron chi connectivity index (χ4n) is 2.64. The number of benzene rings is 2. The summed E-state index contributed by atoms with van der Waals surface area (Å²) in [5.41, 5.74) is 8.11. The van der Waals surface area contributed by atoms with Gasteiger partial charge in [-0.15, -0.1) is 0 Å². The number of phenols is 1. The van der Waals surface area contributed by atoms with Gasteiger partial charge in [-0.3, -0.25) is 0 Å². The third kappa shape index (κ3) is 2.80.